The van der Waals surface area contributed by atoms with Crippen molar-refractivity contribution in [3.8, 4) is 11.8 Å². The first-order chi connectivity index (χ1) is 11.1. The van der Waals surface area contributed by atoms with Crippen LogP contribution in [0.1, 0.15) is 74.7 Å². The molecule has 4 heteroatoms. The lowest BCUT2D eigenvalue weighted by molar-refractivity contribution is 0.0697. The van der Waals surface area contributed by atoms with E-state index in [2.05, 4.69) is 13.8 Å². The molecule has 0 radical (unpaired) electrons. The maximum Gasteiger partial charge on any atom is 0.335 e. The molecule has 4 nitrogen and oxygen atoms in total. The molecular formula is C19H27NO3. The van der Waals surface area contributed by atoms with Gasteiger partial charge in [-0.1, -0.05) is 52.4 Å². The number of carbonyl (C=O) groups is 1. The second-order valence-corrected chi connectivity index (χ2v) is 6.05. The van der Waals surface area contributed by atoms with Crippen LogP contribution in [0.2, 0.25) is 0 Å². The van der Waals surface area contributed by atoms with E-state index >= 15 is 0 Å². The van der Waals surface area contributed by atoms with E-state index in [4.69, 9.17) is 15.1 Å². The summed E-state index contributed by atoms with van der Waals surface area (Å²) in [6.45, 7) is 5.10. The van der Waals surface area contributed by atoms with Crippen molar-refractivity contribution in [2.75, 3.05) is 6.61 Å². The summed E-state index contributed by atoms with van der Waals surface area (Å²) in [4.78, 5) is 10.9. The van der Waals surface area contributed by atoms with Crippen LogP contribution in [0, 0.1) is 17.2 Å². The molecule has 0 saturated carbocycles. The van der Waals surface area contributed by atoms with Gasteiger partial charge in [-0.15, -0.1) is 0 Å². The van der Waals surface area contributed by atoms with Crippen LogP contribution in [-0.2, 0) is 0 Å². The maximum atomic E-state index is 10.9. The van der Waals surface area contributed by atoms with E-state index < -0.39 is 5.97 Å². The van der Waals surface area contributed by atoms with E-state index in [9.17, 15) is 4.79 Å². The van der Waals surface area contributed by atoms with Gasteiger partial charge in [0.05, 0.1) is 17.7 Å². The van der Waals surface area contributed by atoms with E-state index in [0.29, 0.717) is 12.4 Å². The maximum absolute atomic E-state index is 10.9. The molecule has 1 unspecified atom stereocenters. The zero-order valence-corrected chi connectivity index (χ0v) is 14.2. The van der Waals surface area contributed by atoms with Gasteiger partial charge in [0.2, 0.25) is 0 Å². The zero-order valence-electron chi connectivity index (χ0n) is 14.2. The fraction of sp³-hybridized carbons (Fsp3) is 0.579. The largest absolute Gasteiger partial charge is 0.492 e. The quantitative estimate of drug-likeness (QED) is 0.582. The van der Waals surface area contributed by atoms with Crippen LogP contribution in [0.3, 0.4) is 0 Å². The molecule has 1 aromatic carbocycles. The van der Waals surface area contributed by atoms with Crippen molar-refractivity contribution in [3.05, 3.63) is 29.3 Å². The van der Waals surface area contributed by atoms with E-state index in [-0.39, 0.29) is 11.1 Å². The SMILES string of the molecule is CCC(C)CCCCCCCOc1ccc(C(=O)O)cc1C#N. The molecular weight excluding hydrogens is 290 g/mol. The number of hydrogen-bond acceptors (Lipinski definition) is 3. The van der Waals surface area contributed by atoms with Crippen molar-refractivity contribution in [2.24, 2.45) is 5.92 Å². The topological polar surface area (TPSA) is 70.3 Å². The van der Waals surface area contributed by atoms with Gasteiger partial charge in [0.15, 0.2) is 0 Å². The van der Waals surface area contributed by atoms with Crippen molar-refractivity contribution in [1.29, 1.82) is 5.26 Å². The average Bonchev–Trinajstić information content (AvgIpc) is 2.56. The summed E-state index contributed by atoms with van der Waals surface area (Å²) in [5.74, 6) is 0.260. The van der Waals surface area contributed by atoms with E-state index in [0.717, 1.165) is 18.8 Å². The highest BCUT2D eigenvalue weighted by molar-refractivity contribution is 5.88. The van der Waals surface area contributed by atoms with E-state index in [1.165, 1.54) is 44.2 Å². The van der Waals surface area contributed by atoms with Crippen molar-refractivity contribution < 1.29 is 14.6 Å². The van der Waals surface area contributed by atoms with Gasteiger partial charge in [-0.3, -0.25) is 0 Å². The molecule has 0 amide bonds. The molecule has 1 N–H and O–H groups in total. The second-order valence-electron chi connectivity index (χ2n) is 6.05. The van der Waals surface area contributed by atoms with Gasteiger partial charge >= 0.3 is 5.97 Å². The Morgan fingerprint density at radius 3 is 2.61 bits per heavy atom. The van der Waals surface area contributed by atoms with E-state index in [1.54, 1.807) is 6.07 Å². The number of ether oxygens (including phenoxy) is 1. The molecule has 0 aromatic heterocycles. The Kier molecular flexibility index (Phi) is 8.82. The summed E-state index contributed by atoms with van der Waals surface area (Å²) in [5.41, 5.74) is 0.383. The molecule has 1 rings (SSSR count). The summed E-state index contributed by atoms with van der Waals surface area (Å²) >= 11 is 0. The molecule has 0 fully saturated rings. The lowest BCUT2D eigenvalue weighted by atomic mass is 10.0. The third kappa shape index (κ3) is 7.19. The van der Waals surface area contributed by atoms with Crippen LogP contribution in [-0.4, -0.2) is 17.7 Å². The smallest absolute Gasteiger partial charge is 0.335 e. The lowest BCUT2D eigenvalue weighted by Gasteiger charge is -2.09. The van der Waals surface area contributed by atoms with Crippen LogP contribution in [0.15, 0.2) is 18.2 Å². The fourth-order valence-electron chi connectivity index (χ4n) is 2.39. The second kappa shape index (κ2) is 10.7. The predicted molar refractivity (Wildman–Crippen MR) is 90.8 cm³/mol. The van der Waals surface area contributed by atoms with Crippen LogP contribution < -0.4 is 4.74 Å². The molecule has 0 heterocycles. The van der Waals surface area contributed by atoms with Crippen LogP contribution in [0.4, 0.5) is 0 Å². The van der Waals surface area contributed by atoms with Gasteiger partial charge in [-0.2, -0.15) is 5.26 Å². The van der Waals surface area contributed by atoms with Crippen LogP contribution in [0.5, 0.6) is 5.75 Å². The Labute approximate surface area is 139 Å². The summed E-state index contributed by atoms with van der Waals surface area (Å²) in [5, 5.41) is 18.0. The number of carboxylic acid groups (broad SMARTS) is 1. The average molecular weight is 317 g/mol. The predicted octanol–water partition coefficient (Wildman–Crippen LogP) is 5.02. The zero-order chi connectivity index (χ0) is 17.1. The first-order valence-corrected chi connectivity index (χ1v) is 8.48. The number of nitriles is 1. The Balaban J connectivity index is 2.24. The first kappa shape index (κ1) is 19.0. The standard InChI is InChI=1S/C19H27NO3/c1-3-15(2)9-7-5-4-6-8-12-23-18-11-10-16(19(21)22)13-17(18)14-20/h10-11,13,15H,3-9,12H2,1-2H3,(H,21,22). The first-order valence-electron chi connectivity index (χ1n) is 8.48. The Morgan fingerprint density at radius 2 is 1.96 bits per heavy atom. The number of hydrogen-bond donors (Lipinski definition) is 1. The number of aromatic carboxylic acids is 1. The van der Waals surface area contributed by atoms with Gasteiger partial charge < -0.3 is 9.84 Å². The molecule has 1 aromatic rings. The molecule has 1 atom stereocenters. The minimum Gasteiger partial charge on any atom is -0.492 e. The Bertz CT molecular complexity index is 534. The number of nitrogens with zero attached hydrogens (tertiary/aromatic N) is 1. The normalized spacial score (nSPS) is 11.7. The van der Waals surface area contributed by atoms with Gasteiger partial charge in [-0.25, -0.2) is 4.79 Å². The van der Waals surface area contributed by atoms with Gasteiger partial charge in [-0.05, 0) is 30.5 Å². The van der Waals surface area contributed by atoms with Crippen LogP contribution >= 0.6 is 0 Å². The van der Waals surface area contributed by atoms with Crippen molar-refractivity contribution in [2.45, 2.75) is 58.8 Å². The molecule has 0 aliphatic heterocycles. The molecule has 23 heavy (non-hydrogen) atoms. The highest BCUT2D eigenvalue weighted by Crippen LogP contribution is 2.20. The van der Waals surface area contributed by atoms with Crippen LogP contribution in [0.25, 0.3) is 0 Å². The summed E-state index contributed by atoms with van der Waals surface area (Å²) in [6, 6.07) is 6.37. The van der Waals surface area contributed by atoms with Crippen molar-refractivity contribution >= 4 is 5.97 Å². The molecule has 0 saturated heterocycles. The molecule has 126 valence electrons. The monoisotopic (exact) mass is 317 g/mol. The van der Waals surface area contributed by atoms with Gasteiger partial charge in [0, 0.05) is 0 Å². The number of unbranched alkanes of at least 4 members (excludes halogenated alkanes) is 4. The highest BCUT2D eigenvalue weighted by atomic mass is 16.5. The Morgan fingerprint density at radius 1 is 1.26 bits per heavy atom. The molecule has 0 aliphatic rings. The van der Waals surface area contributed by atoms with Crippen molar-refractivity contribution in [3.63, 3.8) is 0 Å². The fourth-order valence-corrected chi connectivity index (χ4v) is 2.39. The molecule has 0 spiro atoms. The van der Waals surface area contributed by atoms with Gasteiger partial charge in [0.1, 0.15) is 11.8 Å². The summed E-state index contributed by atoms with van der Waals surface area (Å²) < 4.78 is 5.61. The number of rotatable bonds is 11. The number of carboxylic acids is 1. The highest BCUT2D eigenvalue weighted by Gasteiger charge is 2.09. The summed E-state index contributed by atoms with van der Waals surface area (Å²) in [6.07, 6.45) is 8.42. The minimum absolute atomic E-state index is 0.107. The lowest BCUT2D eigenvalue weighted by Crippen LogP contribution is -2.02. The Hall–Kier alpha value is -2.02. The summed E-state index contributed by atoms with van der Waals surface area (Å²) in [7, 11) is 0. The third-order valence-electron chi connectivity index (χ3n) is 4.14. The molecule has 0 aliphatic carbocycles. The number of benzene rings is 1. The van der Waals surface area contributed by atoms with Gasteiger partial charge in [0.25, 0.3) is 0 Å². The minimum atomic E-state index is -1.04. The van der Waals surface area contributed by atoms with Crippen molar-refractivity contribution in [1.82, 2.24) is 0 Å². The van der Waals surface area contributed by atoms with E-state index in [1.807, 2.05) is 6.07 Å². The third-order valence-corrected chi connectivity index (χ3v) is 4.14. The molecule has 0 bridgehead atoms.